The minimum Gasteiger partial charge on any atom is -0.497 e. The van der Waals surface area contributed by atoms with Crippen LogP contribution in [0, 0.1) is 0 Å². The highest BCUT2D eigenvalue weighted by Gasteiger charge is 2.07. The molecule has 0 fully saturated rings. The number of rotatable bonds is 2. The fourth-order valence-corrected chi connectivity index (χ4v) is 2.19. The van der Waals surface area contributed by atoms with Crippen LogP contribution in [0.15, 0.2) is 54.6 Å². The zero-order chi connectivity index (χ0) is 15.2. The number of hydrogen-bond donors (Lipinski definition) is 1. The monoisotopic (exact) mass is 280 g/mol. The van der Waals surface area contributed by atoms with Gasteiger partial charge in [0.05, 0.1) is 12.8 Å². The highest BCUT2D eigenvalue weighted by atomic mass is 16.5. The molecule has 0 unspecified atom stereocenters. The van der Waals surface area contributed by atoms with Crippen LogP contribution in [-0.4, -0.2) is 12.1 Å². The SMILES string of the molecule is CC.COc1ccc(-c2nc(N)cc3ccccc23)cc1. The van der Waals surface area contributed by atoms with Gasteiger partial charge in [0, 0.05) is 10.9 Å². The maximum Gasteiger partial charge on any atom is 0.124 e. The van der Waals surface area contributed by atoms with Crippen molar-refractivity contribution in [1.29, 1.82) is 0 Å². The van der Waals surface area contributed by atoms with Gasteiger partial charge in [-0.3, -0.25) is 0 Å². The molecule has 0 radical (unpaired) electrons. The first-order valence-corrected chi connectivity index (χ1v) is 7.07. The van der Waals surface area contributed by atoms with E-state index in [1.165, 1.54) is 0 Å². The average Bonchev–Trinajstić information content (AvgIpc) is 2.56. The van der Waals surface area contributed by atoms with Gasteiger partial charge in [-0.2, -0.15) is 0 Å². The third-order valence-corrected chi connectivity index (χ3v) is 3.12. The van der Waals surface area contributed by atoms with E-state index in [2.05, 4.69) is 11.1 Å². The molecule has 2 aromatic carbocycles. The van der Waals surface area contributed by atoms with Crippen LogP contribution in [0.1, 0.15) is 13.8 Å². The molecule has 0 spiro atoms. The summed E-state index contributed by atoms with van der Waals surface area (Å²) in [6, 6.07) is 17.8. The summed E-state index contributed by atoms with van der Waals surface area (Å²) >= 11 is 0. The third kappa shape index (κ3) is 3.14. The van der Waals surface area contributed by atoms with Crippen LogP contribution in [0.3, 0.4) is 0 Å². The van der Waals surface area contributed by atoms with E-state index in [0.717, 1.165) is 27.8 Å². The molecule has 0 atom stereocenters. The van der Waals surface area contributed by atoms with Gasteiger partial charge >= 0.3 is 0 Å². The molecule has 0 aliphatic rings. The number of ether oxygens (including phenoxy) is 1. The number of aromatic nitrogens is 1. The summed E-state index contributed by atoms with van der Waals surface area (Å²) in [5.74, 6) is 1.36. The smallest absolute Gasteiger partial charge is 0.124 e. The molecule has 1 aromatic heterocycles. The first-order chi connectivity index (χ1) is 10.3. The van der Waals surface area contributed by atoms with Crippen LogP contribution in [-0.2, 0) is 0 Å². The predicted molar refractivity (Wildman–Crippen MR) is 89.5 cm³/mol. The topological polar surface area (TPSA) is 48.1 Å². The Morgan fingerprint density at radius 3 is 2.29 bits per heavy atom. The Bertz CT molecular complexity index is 721. The fraction of sp³-hybridized carbons (Fsp3) is 0.167. The first-order valence-electron chi connectivity index (χ1n) is 7.07. The minimum atomic E-state index is 0.532. The number of nitrogens with two attached hydrogens (primary N) is 1. The van der Waals surface area contributed by atoms with Gasteiger partial charge in [0.15, 0.2) is 0 Å². The number of nitrogens with zero attached hydrogens (tertiary/aromatic N) is 1. The lowest BCUT2D eigenvalue weighted by Crippen LogP contribution is -1.94. The molecule has 3 nitrogen and oxygen atoms in total. The molecule has 0 aliphatic heterocycles. The fourth-order valence-electron chi connectivity index (χ4n) is 2.19. The van der Waals surface area contributed by atoms with Gasteiger partial charge in [0.25, 0.3) is 0 Å². The maximum absolute atomic E-state index is 5.88. The number of benzene rings is 2. The van der Waals surface area contributed by atoms with Gasteiger partial charge < -0.3 is 10.5 Å². The van der Waals surface area contributed by atoms with Crippen molar-refractivity contribution in [2.45, 2.75) is 13.8 Å². The Kier molecular flexibility index (Phi) is 4.77. The van der Waals surface area contributed by atoms with Crippen LogP contribution in [0.2, 0.25) is 0 Å². The molecule has 0 saturated heterocycles. The summed E-state index contributed by atoms with van der Waals surface area (Å²) in [7, 11) is 1.66. The Hall–Kier alpha value is -2.55. The second-order valence-corrected chi connectivity index (χ2v) is 4.35. The lowest BCUT2D eigenvalue weighted by molar-refractivity contribution is 0.415. The summed E-state index contributed by atoms with van der Waals surface area (Å²) in [4.78, 5) is 4.46. The second-order valence-electron chi connectivity index (χ2n) is 4.35. The summed E-state index contributed by atoms with van der Waals surface area (Å²) in [6.45, 7) is 4.00. The van der Waals surface area contributed by atoms with Crippen molar-refractivity contribution >= 4 is 16.6 Å². The van der Waals surface area contributed by atoms with E-state index in [1.54, 1.807) is 7.11 Å². The lowest BCUT2D eigenvalue weighted by Gasteiger charge is -2.08. The van der Waals surface area contributed by atoms with E-state index in [1.807, 2.05) is 62.4 Å². The molecule has 3 heteroatoms. The van der Waals surface area contributed by atoms with Crippen molar-refractivity contribution in [3.05, 3.63) is 54.6 Å². The second kappa shape index (κ2) is 6.75. The molecule has 3 aromatic rings. The Morgan fingerprint density at radius 2 is 1.62 bits per heavy atom. The van der Waals surface area contributed by atoms with Crippen LogP contribution in [0.5, 0.6) is 5.75 Å². The molecule has 0 bridgehead atoms. The maximum atomic E-state index is 5.88. The van der Waals surface area contributed by atoms with Crippen molar-refractivity contribution < 1.29 is 4.74 Å². The van der Waals surface area contributed by atoms with Crippen LogP contribution < -0.4 is 10.5 Å². The van der Waals surface area contributed by atoms with Gasteiger partial charge in [0.2, 0.25) is 0 Å². The number of methoxy groups -OCH3 is 1. The zero-order valence-corrected chi connectivity index (χ0v) is 12.6. The molecule has 3 rings (SSSR count). The standard InChI is InChI=1S/C16H14N2O.C2H6/c1-19-13-8-6-11(7-9-13)16-14-5-3-2-4-12(14)10-15(17)18-16;1-2/h2-10H,1H3,(H2,17,18);1-2H3. The minimum absolute atomic E-state index is 0.532. The van der Waals surface area contributed by atoms with E-state index >= 15 is 0 Å². The van der Waals surface area contributed by atoms with E-state index in [-0.39, 0.29) is 0 Å². The van der Waals surface area contributed by atoms with Crippen LogP contribution in [0.25, 0.3) is 22.0 Å². The van der Waals surface area contributed by atoms with Crippen molar-refractivity contribution in [2.75, 3.05) is 12.8 Å². The summed E-state index contributed by atoms with van der Waals surface area (Å²) in [5.41, 5.74) is 7.82. The van der Waals surface area contributed by atoms with Gasteiger partial charge in [-0.1, -0.05) is 38.1 Å². The number of fused-ring (bicyclic) bond motifs is 1. The van der Waals surface area contributed by atoms with E-state index in [0.29, 0.717) is 5.82 Å². The van der Waals surface area contributed by atoms with E-state index in [4.69, 9.17) is 10.5 Å². The molecular formula is C18H20N2O. The highest BCUT2D eigenvalue weighted by molar-refractivity contribution is 5.96. The number of nitrogen functional groups attached to an aromatic ring is 1. The number of pyridine rings is 1. The molecule has 0 saturated carbocycles. The first kappa shape index (κ1) is 14.9. The molecule has 0 amide bonds. The highest BCUT2D eigenvalue weighted by Crippen LogP contribution is 2.29. The van der Waals surface area contributed by atoms with Crippen molar-refractivity contribution in [1.82, 2.24) is 4.98 Å². The Balaban J connectivity index is 0.000000774. The van der Waals surface area contributed by atoms with E-state index in [9.17, 15) is 0 Å². The summed E-state index contributed by atoms with van der Waals surface area (Å²) in [6.07, 6.45) is 0. The van der Waals surface area contributed by atoms with Crippen molar-refractivity contribution in [2.24, 2.45) is 0 Å². The molecule has 0 aliphatic carbocycles. The normalized spacial score (nSPS) is 9.86. The molecule has 108 valence electrons. The molecule has 21 heavy (non-hydrogen) atoms. The largest absolute Gasteiger partial charge is 0.497 e. The van der Waals surface area contributed by atoms with Gasteiger partial charge in [-0.05, 0) is 35.7 Å². The molecule has 1 heterocycles. The van der Waals surface area contributed by atoms with Crippen LogP contribution in [0.4, 0.5) is 5.82 Å². The quantitative estimate of drug-likeness (QED) is 0.750. The van der Waals surface area contributed by atoms with Crippen LogP contribution >= 0.6 is 0 Å². The number of hydrogen-bond acceptors (Lipinski definition) is 3. The summed E-state index contributed by atoms with van der Waals surface area (Å²) < 4.78 is 5.17. The van der Waals surface area contributed by atoms with Crippen molar-refractivity contribution in [3.8, 4) is 17.0 Å². The predicted octanol–water partition coefficient (Wildman–Crippen LogP) is 4.52. The third-order valence-electron chi connectivity index (χ3n) is 3.12. The van der Waals surface area contributed by atoms with Crippen molar-refractivity contribution in [3.63, 3.8) is 0 Å². The Morgan fingerprint density at radius 1 is 0.952 bits per heavy atom. The molecule has 2 N–H and O–H groups in total. The van der Waals surface area contributed by atoms with Gasteiger partial charge in [-0.15, -0.1) is 0 Å². The lowest BCUT2D eigenvalue weighted by atomic mass is 10.0. The number of anilines is 1. The van der Waals surface area contributed by atoms with Gasteiger partial charge in [-0.25, -0.2) is 4.98 Å². The molecular weight excluding hydrogens is 260 g/mol. The Labute approximate surface area is 125 Å². The average molecular weight is 280 g/mol. The zero-order valence-electron chi connectivity index (χ0n) is 12.6. The van der Waals surface area contributed by atoms with E-state index < -0.39 is 0 Å². The van der Waals surface area contributed by atoms with Gasteiger partial charge in [0.1, 0.15) is 11.6 Å². The summed E-state index contributed by atoms with van der Waals surface area (Å²) in [5, 5.41) is 2.20.